The van der Waals surface area contributed by atoms with Crippen molar-refractivity contribution in [2.24, 2.45) is 0 Å². The van der Waals surface area contributed by atoms with Crippen LogP contribution in [-0.4, -0.2) is 18.0 Å². The van der Waals surface area contributed by atoms with Crippen LogP contribution >= 0.6 is 0 Å². The normalized spacial score (nSPS) is 15.2. The van der Waals surface area contributed by atoms with Crippen LogP contribution < -0.4 is 0 Å². The third kappa shape index (κ3) is 3.88. The number of rotatable bonds is 3. The van der Waals surface area contributed by atoms with Gasteiger partial charge >= 0.3 is 0 Å². The maximum Gasteiger partial charge on any atom is 0.0997 e. The van der Waals surface area contributed by atoms with Crippen molar-refractivity contribution in [3.8, 4) is 6.07 Å². The average Bonchev–Trinajstić information content (AvgIpc) is 2.60. The second kappa shape index (κ2) is 7.26. The Morgan fingerprint density at radius 1 is 1.00 bits per heavy atom. The molecule has 2 heteroatoms. The van der Waals surface area contributed by atoms with Gasteiger partial charge in [0, 0.05) is 19.6 Å². The number of hydrogen-bond donors (Lipinski definition) is 0. The molecule has 2 nitrogen and oxygen atoms in total. The van der Waals surface area contributed by atoms with Crippen LogP contribution in [0, 0.1) is 18.3 Å². The summed E-state index contributed by atoms with van der Waals surface area (Å²) in [6, 6.07) is 21.3. The lowest BCUT2D eigenvalue weighted by molar-refractivity contribution is 0.249. The summed E-state index contributed by atoms with van der Waals surface area (Å²) in [5.74, 6) is 0. The smallest absolute Gasteiger partial charge is 0.0997 e. The molecule has 0 amide bonds. The van der Waals surface area contributed by atoms with Crippen molar-refractivity contribution in [1.29, 1.82) is 5.26 Å². The maximum absolute atomic E-state index is 9.58. The number of piperidine rings is 1. The predicted molar refractivity (Wildman–Crippen MR) is 94.7 cm³/mol. The van der Waals surface area contributed by atoms with Crippen LogP contribution in [0.1, 0.15) is 29.5 Å². The molecule has 1 aliphatic heterocycles. The van der Waals surface area contributed by atoms with E-state index >= 15 is 0 Å². The molecule has 2 aromatic carbocycles. The highest BCUT2D eigenvalue weighted by atomic mass is 15.1. The summed E-state index contributed by atoms with van der Waals surface area (Å²) in [7, 11) is 0. The topological polar surface area (TPSA) is 27.0 Å². The van der Waals surface area contributed by atoms with Crippen LogP contribution in [0.2, 0.25) is 0 Å². The van der Waals surface area contributed by atoms with Gasteiger partial charge in [-0.3, -0.25) is 4.90 Å². The molecular weight excluding hydrogens is 280 g/mol. The van der Waals surface area contributed by atoms with E-state index in [4.69, 9.17) is 0 Å². The number of nitrogens with zero attached hydrogens (tertiary/aromatic N) is 2. The third-order valence-electron chi connectivity index (χ3n) is 4.51. The molecule has 0 unspecified atom stereocenters. The van der Waals surface area contributed by atoms with Crippen molar-refractivity contribution in [2.75, 3.05) is 13.1 Å². The Hall–Kier alpha value is -2.37. The first kappa shape index (κ1) is 15.5. The molecule has 0 N–H and O–H groups in total. The van der Waals surface area contributed by atoms with Crippen LogP contribution in [-0.2, 0) is 6.54 Å². The fourth-order valence-corrected chi connectivity index (χ4v) is 3.14. The lowest BCUT2D eigenvalue weighted by Crippen LogP contribution is -2.30. The Bertz CT molecular complexity index is 711. The van der Waals surface area contributed by atoms with E-state index in [-0.39, 0.29) is 0 Å². The van der Waals surface area contributed by atoms with E-state index in [1.165, 1.54) is 16.7 Å². The zero-order valence-electron chi connectivity index (χ0n) is 13.6. The van der Waals surface area contributed by atoms with Crippen molar-refractivity contribution in [3.63, 3.8) is 0 Å². The molecule has 1 aliphatic rings. The zero-order chi connectivity index (χ0) is 16.1. The third-order valence-corrected chi connectivity index (χ3v) is 4.51. The molecular formula is C21H22N2. The maximum atomic E-state index is 9.58. The van der Waals surface area contributed by atoms with E-state index in [9.17, 15) is 5.26 Å². The number of allylic oxidation sites excluding steroid dienone is 1. The molecule has 1 saturated heterocycles. The molecule has 23 heavy (non-hydrogen) atoms. The molecule has 0 spiro atoms. The minimum atomic E-state index is 0.879. The number of aryl methyl sites for hydroxylation is 1. The van der Waals surface area contributed by atoms with Crippen LogP contribution in [0.4, 0.5) is 0 Å². The van der Waals surface area contributed by atoms with E-state index in [1.807, 2.05) is 0 Å². The fraction of sp³-hybridized carbons (Fsp3) is 0.286. The van der Waals surface area contributed by atoms with Gasteiger partial charge in [0.2, 0.25) is 0 Å². The van der Waals surface area contributed by atoms with Crippen LogP contribution in [0.5, 0.6) is 0 Å². The molecule has 0 aromatic heterocycles. The van der Waals surface area contributed by atoms with Gasteiger partial charge in [-0.25, -0.2) is 0 Å². The van der Waals surface area contributed by atoms with E-state index < -0.39 is 0 Å². The van der Waals surface area contributed by atoms with E-state index in [0.717, 1.165) is 43.6 Å². The monoisotopic (exact) mass is 302 g/mol. The summed E-state index contributed by atoms with van der Waals surface area (Å²) < 4.78 is 0. The molecule has 0 radical (unpaired) electrons. The lowest BCUT2D eigenvalue weighted by atomic mass is 9.93. The summed E-state index contributed by atoms with van der Waals surface area (Å²) >= 11 is 0. The molecule has 0 aliphatic carbocycles. The van der Waals surface area contributed by atoms with Gasteiger partial charge in [-0.1, -0.05) is 60.2 Å². The number of likely N-dealkylation sites (tertiary alicyclic amines) is 1. The fourth-order valence-electron chi connectivity index (χ4n) is 3.14. The Morgan fingerprint density at radius 2 is 1.65 bits per heavy atom. The predicted octanol–water partition coefficient (Wildman–Crippen LogP) is 4.57. The highest BCUT2D eigenvalue weighted by molar-refractivity contribution is 5.79. The molecule has 0 atom stereocenters. The highest BCUT2D eigenvalue weighted by Gasteiger charge is 2.18. The largest absolute Gasteiger partial charge is 0.298 e. The Morgan fingerprint density at radius 3 is 2.26 bits per heavy atom. The van der Waals surface area contributed by atoms with Crippen molar-refractivity contribution in [3.05, 3.63) is 76.9 Å². The number of hydrogen-bond acceptors (Lipinski definition) is 2. The van der Waals surface area contributed by atoms with Crippen LogP contribution in [0.15, 0.2) is 60.2 Å². The van der Waals surface area contributed by atoms with E-state index in [0.29, 0.717) is 0 Å². The summed E-state index contributed by atoms with van der Waals surface area (Å²) in [5, 5.41) is 9.58. The Kier molecular flexibility index (Phi) is 4.90. The van der Waals surface area contributed by atoms with Crippen molar-refractivity contribution >= 4 is 5.57 Å². The van der Waals surface area contributed by atoms with E-state index in [2.05, 4.69) is 72.5 Å². The second-order valence-electron chi connectivity index (χ2n) is 6.22. The minimum absolute atomic E-state index is 0.879. The molecule has 1 heterocycles. The molecule has 3 rings (SSSR count). The average molecular weight is 302 g/mol. The summed E-state index contributed by atoms with van der Waals surface area (Å²) in [6.07, 6.45) is 1.98. The Labute approximate surface area is 138 Å². The van der Waals surface area contributed by atoms with Crippen LogP contribution in [0.25, 0.3) is 5.57 Å². The van der Waals surface area contributed by atoms with Gasteiger partial charge in [0.1, 0.15) is 0 Å². The lowest BCUT2D eigenvalue weighted by Gasteiger charge is -2.29. The van der Waals surface area contributed by atoms with Crippen molar-refractivity contribution in [2.45, 2.75) is 26.3 Å². The molecule has 1 fully saturated rings. The Balaban J connectivity index is 1.69. The minimum Gasteiger partial charge on any atom is -0.298 e. The molecule has 0 bridgehead atoms. The summed E-state index contributed by atoms with van der Waals surface area (Å²) in [5.41, 5.74) is 5.84. The first-order valence-electron chi connectivity index (χ1n) is 8.22. The molecule has 0 saturated carbocycles. The van der Waals surface area contributed by atoms with Gasteiger partial charge in [-0.15, -0.1) is 0 Å². The molecule has 116 valence electrons. The van der Waals surface area contributed by atoms with Gasteiger partial charge in [-0.05, 0) is 36.5 Å². The van der Waals surface area contributed by atoms with Crippen molar-refractivity contribution in [1.82, 2.24) is 4.90 Å². The van der Waals surface area contributed by atoms with Crippen molar-refractivity contribution < 1.29 is 0 Å². The van der Waals surface area contributed by atoms with Gasteiger partial charge in [-0.2, -0.15) is 5.26 Å². The van der Waals surface area contributed by atoms with Gasteiger partial charge in [0.05, 0.1) is 11.6 Å². The summed E-state index contributed by atoms with van der Waals surface area (Å²) in [4.78, 5) is 2.48. The number of nitriles is 1. The first-order valence-corrected chi connectivity index (χ1v) is 8.22. The van der Waals surface area contributed by atoms with Gasteiger partial charge in [0.25, 0.3) is 0 Å². The second-order valence-corrected chi connectivity index (χ2v) is 6.22. The van der Waals surface area contributed by atoms with Crippen LogP contribution in [0.3, 0.4) is 0 Å². The quantitative estimate of drug-likeness (QED) is 0.777. The molecule has 2 aromatic rings. The summed E-state index contributed by atoms with van der Waals surface area (Å²) in [6.45, 7) is 5.13. The van der Waals surface area contributed by atoms with E-state index in [1.54, 1.807) is 0 Å². The first-order chi connectivity index (χ1) is 11.3. The zero-order valence-corrected chi connectivity index (χ0v) is 13.6. The SMILES string of the molecule is Cc1ccc(C(C#N)=C2CCN(Cc3ccccc3)CC2)cc1. The highest BCUT2D eigenvalue weighted by Crippen LogP contribution is 2.27. The van der Waals surface area contributed by atoms with Gasteiger partial charge < -0.3 is 0 Å². The number of benzene rings is 2. The standard InChI is InChI=1S/C21H22N2/c1-17-7-9-19(10-8-17)21(15-22)20-11-13-23(14-12-20)16-18-5-3-2-4-6-18/h2-10H,11-14,16H2,1H3. The van der Waals surface area contributed by atoms with Gasteiger partial charge in [0.15, 0.2) is 0 Å².